The molecule has 0 bridgehead atoms. The van der Waals surface area contributed by atoms with Crippen LogP contribution in [-0.2, 0) is 0 Å². The second-order valence-corrected chi connectivity index (χ2v) is 2.95. The molecule has 0 aliphatic carbocycles. The summed E-state index contributed by atoms with van der Waals surface area (Å²) >= 11 is 0. The lowest BCUT2D eigenvalue weighted by Crippen LogP contribution is -2.07. The van der Waals surface area contributed by atoms with Crippen LogP contribution in [0.15, 0.2) is 30.6 Å². The number of nitrogen functional groups attached to an aromatic ring is 1. The van der Waals surface area contributed by atoms with Crippen LogP contribution in [0.2, 0.25) is 0 Å². The number of nitrogens with zero attached hydrogens (tertiary/aromatic N) is 2. The summed E-state index contributed by atoms with van der Waals surface area (Å²) in [6.07, 6.45) is 3.02. The Morgan fingerprint density at radius 1 is 1.33 bits per heavy atom. The normalized spacial score (nSPS) is 10.2. The molecule has 76 valence electrons. The maximum absolute atomic E-state index is 10.7. The quantitative estimate of drug-likeness (QED) is 0.438. The van der Waals surface area contributed by atoms with Crippen LogP contribution >= 0.6 is 0 Å². The third kappa shape index (κ3) is 1.46. The van der Waals surface area contributed by atoms with Crippen LogP contribution in [0.25, 0.3) is 10.8 Å². The number of nitrogens with one attached hydrogen (secondary N) is 1. The molecule has 3 N–H and O–H groups in total. The van der Waals surface area contributed by atoms with Crippen molar-refractivity contribution in [2.45, 2.75) is 0 Å². The Morgan fingerprint density at radius 3 is 2.80 bits per heavy atom. The molecule has 1 aromatic heterocycles. The number of nitro benzene ring substituents is 1. The van der Waals surface area contributed by atoms with Gasteiger partial charge in [0, 0.05) is 23.8 Å². The number of hydrogen-bond donors (Lipinski definition) is 2. The van der Waals surface area contributed by atoms with Crippen molar-refractivity contribution in [1.29, 1.82) is 0 Å². The van der Waals surface area contributed by atoms with E-state index in [0.717, 1.165) is 0 Å². The first kappa shape index (κ1) is 9.35. The van der Waals surface area contributed by atoms with E-state index in [0.29, 0.717) is 16.5 Å². The van der Waals surface area contributed by atoms with Gasteiger partial charge in [0.05, 0.1) is 16.0 Å². The maximum Gasteiger partial charge on any atom is 0.278 e. The molecule has 0 amide bonds. The predicted molar refractivity (Wildman–Crippen MR) is 56.2 cm³/mol. The molecular formula is C9H8N4O2. The molecule has 1 aromatic carbocycles. The van der Waals surface area contributed by atoms with E-state index in [9.17, 15) is 10.1 Å². The largest absolute Gasteiger partial charge is 0.324 e. The number of nitrogens with two attached hydrogens (primary N) is 1. The minimum atomic E-state index is -0.440. The van der Waals surface area contributed by atoms with Crippen molar-refractivity contribution in [2.24, 2.45) is 5.84 Å². The average molecular weight is 204 g/mol. The van der Waals surface area contributed by atoms with E-state index in [2.05, 4.69) is 10.4 Å². The van der Waals surface area contributed by atoms with E-state index >= 15 is 0 Å². The minimum absolute atomic E-state index is 0.0251. The van der Waals surface area contributed by atoms with Crippen molar-refractivity contribution in [1.82, 2.24) is 4.98 Å². The number of fused-ring (bicyclic) bond motifs is 1. The molecular weight excluding hydrogens is 196 g/mol. The molecule has 6 nitrogen and oxygen atoms in total. The third-order valence-electron chi connectivity index (χ3n) is 2.15. The van der Waals surface area contributed by atoms with E-state index in [-0.39, 0.29) is 5.69 Å². The molecule has 0 radical (unpaired) electrons. The number of hydrogen-bond acceptors (Lipinski definition) is 5. The second-order valence-electron chi connectivity index (χ2n) is 2.95. The summed E-state index contributed by atoms with van der Waals surface area (Å²) in [5.41, 5.74) is 3.15. The molecule has 1 heterocycles. The zero-order valence-corrected chi connectivity index (χ0v) is 7.68. The first-order chi connectivity index (χ1) is 7.24. The lowest BCUT2D eigenvalue weighted by Gasteiger charge is -2.04. The van der Waals surface area contributed by atoms with Gasteiger partial charge in [0.15, 0.2) is 0 Å². The molecule has 2 aromatic rings. The fourth-order valence-corrected chi connectivity index (χ4v) is 1.46. The van der Waals surface area contributed by atoms with Gasteiger partial charge < -0.3 is 5.43 Å². The number of pyridine rings is 1. The number of hydrazine groups is 1. The van der Waals surface area contributed by atoms with Gasteiger partial charge in [-0.3, -0.25) is 20.9 Å². The summed E-state index contributed by atoms with van der Waals surface area (Å²) in [6, 6.07) is 4.65. The van der Waals surface area contributed by atoms with Crippen molar-refractivity contribution in [3.63, 3.8) is 0 Å². The van der Waals surface area contributed by atoms with Crippen molar-refractivity contribution >= 4 is 22.1 Å². The number of non-ortho nitro benzene ring substituents is 1. The van der Waals surface area contributed by atoms with E-state index in [1.165, 1.54) is 12.3 Å². The minimum Gasteiger partial charge on any atom is -0.324 e. The molecule has 0 atom stereocenters. The number of benzene rings is 1. The van der Waals surface area contributed by atoms with E-state index < -0.39 is 4.92 Å². The van der Waals surface area contributed by atoms with Crippen LogP contribution in [0.1, 0.15) is 0 Å². The molecule has 0 aliphatic heterocycles. The summed E-state index contributed by atoms with van der Waals surface area (Å²) in [5.74, 6) is 5.30. The second kappa shape index (κ2) is 3.50. The Morgan fingerprint density at radius 2 is 2.13 bits per heavy atom. The highest BCUT2D eigenvalue weighted by molar-refractivity contribution is 5.98. The molecule has 0 aliphatic rings. The average Bonchev–Trinajstić information content (AvgIpc) is 2.27. The van der Waals surface area contributed by atoms with Crippen molar-refractivity contribution in [3.05, 3.63) is 40.7 Å². The number of aromatic nitrogens is 1. The van der Waals surface area contributed by atoms with Gasteiger partial charge in [-0.1, -0.05) is 0 Å². The monoisotopic (exact) mass is 204 g/mol. The maximum atomic E-state index is 10.7. The third-order valence-corrected chi connectivity index (χ3v) is 2.15. The Balaban J connectivity index is 2.83. The van der Waals surface area contributed by atoms with E-state index in [1.807, 2.05) is 0 Å². The fourth-order valence-electron chi connectivity index (χ4n) is 1.46. The van der Waals surface area contributed by atoms with Gasteiger partial charge in [-0.2, -0.15) is 0 Å². The molecule has 0 spiro atoms. The Labute approximate surface area is 84.8 Å². The highest BCUT2D eigenvalue weighted by Crippen LogP contribution is 2.29. The van der Waals surface area contributed by atoms with Crippen LogP contribution in [-0.4, -0.2) is 9.91 Å². The van der Waals surface area contributed by atoms with Gasteiger partial charge in [-0.15, -0.1) is 0 Å². The Bertz CT molecular complexity index is 527. The Kier molecular flexibility index (Phi) is 2.18. The molecule has 0 saturated carbocycles. The topological polar surface area (TPSA) is 94.1 Å². The molecule has 0 unspecified atom stereocenters. The van der Waals surface area contributed by atoms with Crippen LogP contribution in [0.4, 0.5) is 11.4 Å². The highest BCUT2D eigenvalue weighted by atomic mass is 16.6. The predicted octanol–water partition coefficient (Wildman–Crippen LogP) is 1.43. The molecule has 2 rings (SSSR count). The lowest BCUT2D eigenvalue weighted by molar-refractivity contribution is -0.383. The van der Waals surface area contributed by atoms with E-state index in [4.69, 9.17) is 5.84 Å². The smallest absolute Gasteiger partial charge is 0.278 e. The van der Waals surface area contributed by atoms with Gasteiger partial charge in [0.1, 0.15) is 0 Å². The van der Waals surface area contributed by atoms with Gasteiger partial charge >= 0.3 is 0 Å². The van der Waals surface area contributed by atoms with Crippen LogP contribution in [0, 0.1) is 10.1 Å². The molecule has 0 saturated heterocycles. The first-order valence-corrected chi connectivity index (χ1v) is 4.22. The molecule has 0 fully saturated rings. The van der Waals surface area contributed by atoms with Crippen molar-refractivity contribution < 1.29 is 4.92 Å². The number of nitro groups is 1. The van der Waals surface area contributed by atoms with Crippen LogP contribution < -0.4 is 11.3 Å². The van der Waals surface area contributed by atoms with Gasteiger partial charge in [0.2, 0.25) is 0 Å². The lowest BCUT2D eigenvalue weighted by atomic mass is 10.1. The summed E-state index contributed by atoms with van der Waals surface area (Å²) in [4.78, 5) is 14.2. The number of rotatable bonds is 2. The molecule has 6 heteroatoms. The van der Waals surface area contributed by atoms with Crippen LogP contribution in [0.3, 0.4) is 0 Å². The number of anilines is 1. The summed E-state index contributed by atoms with van der Waals surface area (Å²) < 4.78 is 0. The SMILES string of the molecule is NNc1ccc([N+](=O)[O-])c2cnccc12. The van der Waals surface area contributed by atoms with Crippen molar-refractivity contribution in [2.75, 3.05) is 5.43 Å². The first-order valence-electron chi connectivity index (χ1n) is 4.22. The van der Waals surface area contributed by atoms with Gasteiger partial charge in [-0.25, -0.2) is 0 Å². The fraction of sp³-hybridized carbons (Fsp3) is 0. The van der Waals surface area contributed by atoms with Gasteiger partial charge in [-0.05, 0) is 12.1 Å². The summed E-state index contributed by atoms with van der Waals surface area (Å²) in [5, 5.41) is 11.9. The standard InChI is InChI=1S/C9H8N4O2/c10-12-8-1-2-9(13(14)15)7-5-11-4-3-6(7)8/h1-5,12H,10H2. The van der Waals surface area contributed by atoms with E-state index in [1.54, 1.807) is 18.3 Å². The highest BCUT2D eigenvalue weighted by Gasteiger charge is 2.13. The zero-order chi connectivity index (χ0) is 10.8. The summed E-state index contributed by atoms with van der Waals surface area (Å²) in [7, 11) is 0. The zero-order valence-electron chi connectivity index (χ0n) is 7.68. The summed E-state index contributed by atoms with van der Waals surface area (Å²) in [6.45, 7) is 0. The van der Waals surface area contributed by atoms with Gasteiger partial charge in [0.25, 0.3) is 5.69 Å². The Hall–Kier alpha value is -2.21. The van der Waals surface area contributed by atoms with Crippen molar-refractivity contribution in [3.8, 4) is 0 Å². The van der Waals surface area contributed by atoms with Crippen LogP contribution in [0.5, 0.6) is 0 Å². The molecule has 15 heavy (non-hydrogen) atoms.